The van der Waals surface area contributed by atoms with Gasteiger partial charge in [0.15, 0.2) is 0 Å². The molecule has 0 amide bonds. The molecule has 128 valence electrons. The first-order chi connectivity index (χ1) is 12.7. The van der Waals surface area contributed by atoms with Crippen LogP contribution in [0, 0.1) is 6.92 Å². The molecule has 0 aliphatic carbocycles. The molecule has 0 unspecified atom stereocenters. The minimum Gasteiger partial charge on any atom is -0.304 e. The van der Waals surface area contributed by atoms with Gasteiger partial charge in [-0.1, -0.05) is 72.3 Å². The summed E-state index contributed by atoms with van der Waals surface area (Å²) in [6, 6.07) is 28.7. The second kappa shape index (κ2) is 7.01. The van der Waals surface area contributed by atoms with Gasteiger partial charge < -0.3 is 4.57 Å². The van der Waals surface area contributed by atoms with Gasteiger partial charge in [-0.25, -0.2) is 0 Å². The Morgan fingerprint density at radius 3 is 2.12 bits per heavy atom. The van der Waals surface area contributed by atoms with Crippen molar-refractivity contribution < 1.29 is 0 Å². The molecule has 2 heteroatoms. The zero-order valence-electron chi connectivity index (χ0n) is 14.9. The van der Waals surface area contributed by atoms with E-state index in [1.165, 1.54) is 5.56 Å². The first kappa shape index (κ1) is 16.3. The molecule has 0 saturated carbocycles. The summed E-state index contributed by atoms with van der Waals surface area (Å²) < 4.78 is 1.91. The zero-order chi connectivity index (χ0) is 17.9. The lowest BCUT2D eigenvalue weighted by Crippen LogP contribution is -2.25. The Morgan fingerprint density at radius 1 is 0.769 bits per heavy atom. The maximum atomic E-state index is 13.2. The monoisotopic (exact) mass is 339 g/mol. The van der Waals surface area contributed by atoms with E-state index in [4.69, 9.17) is 0 Å². The number of aryl methyl sites for hydroxylation is 1. The van der Waals surface area contributed by atoms with E-state index >= 15 is 0 Å². The first-order valence-electron chi connectivity index (χ1n) is 8.91. The average molecular weight is 339 g/mol. The van der Waals surface area contributed by atoms with E-state index in [2.05, 4.69) is 55.5 Å². The maximum Gasteiger partial charge on any atom is 0.254 e. The van der Waals surface area contributed by atoms with E-state index < -0.39 is 0 Å². The van der Waals surface area contributed by atoms with Gasteiger partial charge in [-0.05, 0) is 41.6 Å². The molecule has 3 aromatic carbocycles. The Labute approximate surface area is 153 Å². The van der Waals surface area contributed by atoms with Crippen molar-refractivity contribution in [1.29, 1.82) is 0 Å². The molecule has 2 nitrogen and oxygen atoms in total. The lowest BCUT2D eigenvalue weighted by molar-refractivity contribution is 0.782. The zero-order valence-corrected chi connectivity index (χ0v) is 14.9. The van der Waals surface area contributed by atoms with Crippen LogP contribution in [0.25, 0.3) is 10.9 Å². The molecule has 0 atom stereocenters. The van der Waals surface area contributed by atoms with Gasteiger partial charge in [-0.3, -0.25) is 4.79 Å². The quantitative estimate of drug-likeness (QED) is 0.516. The predicted octanol–water partition coefficient (Wildman–Crippen LogP) is 4.95. The molecule has 0 radical (unpaired) electrons. The van der Waals surface area contributed by atoms with Crippen molar-refractivity contribution in [3.8, 4) is 0 Å². The normalized spacial score (nSPS) is 11.0. The predicted molar refractivity (Wildman–Crippen MR) is 108 cm³/mol. The van der Waals surface area contributed by atoms with Crippen LogP contribution >= 0.6 is 0 Å². The second-order valence-electron chi connectivity index (χ2n) is 6.77. The molecule has 1 aromatic heterocycles. The summed E-state index contributed by atoms with van der Waals surface area (Å²) in [4.78, 5) is 13.2. The van der Waals surface area contributed by atoms with E-state index in [0.29, 0.717) is 13.0 Å². The molecule has 0 aliphatic rings. The Kier molecular flexibility index (Phi) is 4.40. The van der Waals surface area contributed by atoms with Gasteiger partial charge in [0.25, 0.3) is 5.56 Å². The van der Waals surface area contributed by atoms with Crippen LogP contribution < -0.4 is 5.56 Å². The Balaban J connectivity index is 1.87. The summed E-state index contributed by atoms with van der Waals surface area (Å²) in [5, 5.41) is 1.12. The van der Waals surface area contributed by atoms with E-state index in [1.807, 2.05) is 41.0 Å². The van der Waals surface area contributed by atoms with Crippen LogP contribution in [0.1, 0.15) is 22.3 Å². The third-order valence-electron chi connectivity index (χ3n) is 4.74. The van der Waals surface area contributed by atoms with Crippen LogP contribution in [-0.2, 0) is 13.0 Å². The molecule has 0 spiro atoms. The standard InChI is InChI=1S/C24H21NO/c1-18-12-13-23-21(14-18)16-22(15-19-8-4-2-5-9-19)24(26)25(23)17-20-10-6-3-7-11-20/h2-14,16H,15,17H2,1H3. The number of hydrogen-bond acceptors (Lipinski definition) is 1. The highest BCUT2D eigenvalue weighted by molar-refractivity contribution is 5.80. The van der Waals surface area contributed by atoms with Crippen molar-refractivity contribution in [2.24, 2.45) is 0 Å². The molecule has 0 bridgehead atoms. The van der Waals surface area contributed by atoms with Crippen LogP contribution in [0.5, 0.6) is 0 Å². The fourth-order valence-corrected chi connectivity index (χ4v) is 3.43. The highest BCUT2D eigenvalue weighted by Gasteiger charge is 2.11. The highest BCUT2D eigenvalue weighted by atomic mass is 16.1. The molecule has 4 aromatic rings. The molecule has 0 fully saturated rings. The third-order valence-corrected chi connectivity index (χ3v) is 4.74. The van der Waals surface area contributed by atoms with Crippen molar-refractivity contribution in [1.82, 2.24) is 4.57 Å². The van der Waals surface area contributed by atoms with Gasteiger partial charge in [0.1, 0.15) is 0 Å². The number of benzene rings is 3. The Hall–Kier alpha value is -3.13. The minimum atomic E-state index is 0.0917. The van der Waals surface area contributed by atoms with Gasteiger partial charge in [0.05, 0.1) is 12.1 Å². The molecule has 26 heavy (non-hydrogen) atoms. The van der Waals surface area contributed by atoms with Gasteiger partial charge >= 0.3 is 0 Å². The number of hydrogen-bond donors (Lipinski definition) is 0. The van der Waals surface area contributed by atoms with Crippen molar-refractivity contribution >= 4 is 10.9 Å². The van der Waals surface area contributed by atoms with E-state index in [0.717, 1.165) is 27.6 Å². The van der Waals surface area contributed by atoms with Gasteiger partial charge in [0.2, 0.25) is 0 Å². The van der Waals surface area contributed by atoms with Gasteiger partial charge in [-0.15, -0.1) is 0 Å². The van der Waals surface area contributed by atoms with Crippen molar-refractivity contribution in [3.63, 3.8) is 0 Å². The third kappa shape index (κ3) is 3.31. The van der Waals surface area contributed by atoms with E-state index in [-0.39, 0.29) is 5.56 Å². The lowest BCUT2D eigenvalue weighted by atomic mass is 10.0. The van der Waals surface area contributed by atoms with Crippen LogP contribution in [0.3, 0.4) is 0 Å². The van der Waals surface area contributed by atoms with Crippen molar-refractivity contribution in [2.75, 3.05) is 0 Å². The Bertz CT molecular complexity index is 1100. The maximum absolute atomic E-state index is 13.2. The summed E-state index contributed by atoms with van der Waals surface area (Å²) in [5.41, 5.74) is 5.41. The minimum absolute atomic E-state index is 0.0917. The second-order valence-corrected chi connectivity index (χ2v) is 6.77. The number of aromatic nitrogens is 1. The molecule has 4 rings (SSSR count). The van der Waals surface area contributed by atoms with Crippen LogP contribution in [0.2, 0.25) is 0 Å². The summed E-state index contributed by atoms with van der Waals surface area (Å²) in [6.45, 7) is 2.67. The number of pyridine rings is 1. The van der Waals surface area contributed by atoms with E-state index in [9.17, 15) is 4.79 Å². The summed E-state index contributed by atoms with van der Waals surface area (Å²) in [7, 11) is 0. The molecular weight excluding hydrogens is 318 g/mol. The number of fused-ring (bicyclic) bond motifs is 1. The van der Waals surface area contributed by atoms with Crippen molar-refractivity contribution in [2.45, 2.75) is 19.9 Å². The topological polar surface area (TPSA) is 22.0 Å². The van der Waals surface area contributed by atoms with Crippen LogP contribution in [0.4, 0.5) is 0 Å². The van der Waals surface area contributed by atoms with Gasteiger partial charge in [0, 0.05) is 12.0 Å². The fraction of sp³-hybridized carbons (Fsp3) is 0.125. The van der Waals surface area contributed by atoms with Crippen LogP contribution in [-0.4, -0.2) is 4.57 Å². The summed E-state index contributed by atoms with van der Waals surface area (Å²) >= 11 is 0. The first-order valence-corrected chi connectivity index (χ1v) is 8.91. The molecule has 1 heterocycles. The summed E-state index contributed by atoms with van der Waals surface area (Å²) in [5.74, 6) is 0. The van der Waals surface area contributed by atoms with Gasteiger partial charge in [-0.2, -0.15) is 0 Å². The van der Waals surface area contributed by atoms with Crippen LogP contribution in [0.15, 0.2) is 89.7 Å². The Morgan fingerprint density at radius 2 is 1.42 bits per heavy atom. The average Bonchev–Trinajstić information content (AvgIpc) is 2.67. The number of rotatable bonds is 4. The smallest absolute Gasteiger partial charge is 0.254 e. The van der Waals surface area contributed by atoms with Crippen molar-refractivity contribution in [3.05, 3.63) is 118 Å². The molecule has 0 N–H and O–H groups in total. The molecule has 0 saturated heterocycles. The largest absolute Gasteiger partial charge is 0.304 e. The highest BCUT2D eigenvalue weighted by Crippen LogP contribution is 2.18. The number of nitrogens with zero attached hydrogens (tertiary/aromatic N) is 1. The van der Waals surface area contributed by atoms with E-state index in [1.54, 1.807) is 0 Å². The lowest BCUT2D eigenvalue weighted by Gasteiger charge is -2.14. The fourth-order valence-electron chi connectivity index (χ4n) is 3.43. The molecular formula is C24H21NO. The SMILES string of the molecule is Cc1ccc2c(c1)cc(Cc1ccccc1)c(=O)n2Cc1ccccc1. The summed E-state index contributed by atoms with van der Waals surface area (Å²) in [6.07, 6.45) is 0.651. The molecule has 0 aliphatic heterocycles.